The Balaban J connectivity index is 2.14. The SMILES string of the molecule is Cc1cc(Oc2nc(F)c(F)cc2F)ccc1NC(=O)OC(C)(C)C. The van der Waals surface area contributed by atoms with Crippen LogP contribution in [0.4, 0.5) is 23.7 Å². The van der Waals surface area contributed by atoms with Crippen molar-refractivity contribution < 1.29 is 27.4 Å². The molecule has 0 aliphatic rings. The summed E-state index contributed by atoms with van der Waals surface area (Å²) >= 11 is 0. The molecule has 1 aromatic heterocycles. The van der Waals surface area contributed by atoms with E-state index in [0.717, 1.165) is 0 Å². The van der Waals surface area contributed by atoms with Crippen molar-refractivity contribution in [3.8, 4) is 11.6 Å². The number of nitrogens with one attached hydrogen (secondary N) is 1. The zero-order chi connectivity index (χ0) is 18.8. The molecule has 0 saturated heterocycles. The van der Waals surface area contributed by atoms with E-state index in [1.165, 1.54) is 18.2 Å². The second-order valence-electron chi connectivity index (χ2n) is 6.25. The zero-order valence-electron chi connectivity index (χ0n) is 14.1. The Morgan fingerprint density at radius 3 is 2.40 bits per heavy atom. The van der Waals surface area contributed by atoms with E-state index in [1.54, 1.807) is 27.7 Å². The Kier molecular flexibility index (Phi) is 5.20. The number of halogens is 3. The highest BCUT2D eigenvalue weighted by molar-refractivity contribution is 5.86. The largest absolute Gasteiger partial charge is 0.444 e. The summed E-state index contributed by atoms with van der Waals surface area (Å²) in [5.74, 6) is -4.54. The van der Waals surface area contributed by atoms with Gasteiger partial charge in [-0.2, -0.15) is 9.37 Å². The number of aryl methyl sites for hydroxylation is 1. The second kappa shape index (κ2) is 7.00. The average Bonchev–Trinajstić information content (AvgIpc) is 2.45. The van der Waals surface area contributed by atoms with Crippen LogP contribution >= 0.6 is 0 Å². The topological polar surface area (TPSA) is 60.5 Å². The van der Waals surface area contributed by atoms with Gasteiger partial charge in [-0.05, 0) is 51.5 Å². The number of aromatic nitrogens is 1. The fourth-order valence-electron chi connectivity index (χ4n) is 1.87. The van der Waals surface area contributed by atoms with Crippen molar-refractivity contribution in [3.63, 3.8) is 0 Å². The molecular formula is C17H17F3N2O3. The van der Waals surface area contributed by atoms with Crippen LogP contribution in [0.15, 0.2) is 24.3 Å². The number of hydrogen-bond donors (Lipinski definition) is 1. The van der Waals surface area contributed by atoms with Crippen LogP contribution in [-0.4, -0.2) is 16.7 Å². The molecule has 0 bridgehead atoms. The molecule has 2 aromatic rings. The Labute approximate surface area is 142 Å². The van der Waals surface area contributed by atoms with Crippen molar-refractivity contribution in [1.29, 1.82) is 0 Å². The molecule has 0 saturated carbocycles. The van der Waals surface area contributed by atoms with Crippen LogP contribution < -0.4 is 10.1 Å². The Morgan fingerprint density at radius 1 is 1.12 bits per heavy atom. The van der Waals surface area contributed by atoms with E-state index < -0.39 is 35.2 Å². The summed E-state index contributed by atoms with van der Waals surface area (Å²) in [7, 11) is 0. The summed E-state index contributed by atoms with van der Waals surface area (Å²) in [4.78, 5) is 14.8. The highest BCUT2D eigenvalue weighted by atomic mass is 19.2. The summed E-state index contributed by atoms with van der Waals surface area (Å²) < 4.78 is 49.8. The van der Waals surface area contributed by atoms with Gasteiger partial charge in [-0.1, -0.05) is 0 Å². The predicted molar refractivity (Wildman–Crippen MR) is 85.2 cm³/mol. The van der Waals surface area contributed by atoms with Crippen LogP contribution in [-0.2, 0) is 4.74 Å². The van der Waals surface area contributed by atoms with Gasteiger partial charge < -0.3 is 9.47 Å². The first-order chi connectivity index (χ1) is 11.5. The van der Waals surface area contributed by atoms with Gasteiger partial charge in [-0.15, -0.1) is 0 Å². The first kappa shape index (κ1) is 18.6. The average molecular weight is 354 g/mol. The van der Waals surface area contributed by atoms with E-state index in [4.69, 9.17) is 9.47 Å². The summed E-state index contributed by atoms with van der Waals surface area (Å²) in [5, 5.41) is 2.57. The van der Waals surface area contributed by atoms with Crippen LogP contribution in [0.1, 0.15) is 26.3 Å². The smallest absolute Gasteiger partial charge is 0.412 e. The standard InChI is InChI=1S/C17H17F3N2O3/c1-9-7-10(24-15-12(19)8-11(18)14(20)22-15)5-6-13(9)21-16(23)25-17(2,3)4/h5-8H,1-4H3,(H,21,23). The molecule has 1 aromatic carbocycles. The van der Waals surface area contributed by atoms with Gasteiger partial charge in [-0.25, -0.2) is 13.6 Å². The summed E-state index contributed by atoms with van der Waals surface area (Å²) in [6.45, 7) is 6.88. The quantitative estimate of drug-likeness (QED) is 0.793. The highest BCUT2D eigenvalue weighted by Gasteiger charge is 2.17. The number of carbonyl (C=O) groups excluding carboxylic acids is 1. The molecule has 134 valence electrons. The molecule has 1 N–H and O–H groups in total. The second-order valence-corrected chi connectivity index (χ2v) is 6.25. The maximum absolute atomic E-state index is 13.6. The molecule has 0 radical (unpaired) electrons. The first-order valence-corrected chi connectivity index (χ1v) is 7.35. The van der Waals surface area contributed by atoms with Gasteiger partial charge in [0.05, 0.1) is 0 Å². The number of benzene rings is 1. The molecule has 1 amide bonds. The van der Waals surface area contributed by atoms with E-state index in [9.17, 15) is 18.0 Å². The van der Waals surface area contributed by atoms with E-state index in [-0.39, 0.29) is 5.75 Å². The van der Waals surface area contributed by atoms with Crippen molar-refractivity contribution in [1.82, 2.24) is 4.98 Å². The normalized spacial score (nSPS) is 11.2. The molecule has 0 fully saturated rings. The van der Waals surface area contributed by atoms with Crippen molar-refractivity contribution in [2.24, 2.45) is 0 Å². The first-order valence-electron chi connectivity index (χ1n) is 7.35. The fraction of sp³-hybridized carbons (Fsp3) is 0.294. The minimum Gasteiger partial charge on any atom is -0.444 e. The van der Waals surface area contributed by atoms with Gasteiger partial charge in [0.25, 0.3) is 11.8 Å². The molecule has 8 heteroatoms. The molecule has 0 unspecified atom stereocenters. The van der Waals surface area contributed by atoms with E-state index in [0.29, 0.717) is 17.3 Å². The van der Waals surface area contributed by atoms with Crippen LogP contribution in [0.5, 0.6) is 11.6 Å². The van der Waals surface area contributed by atoms with Gasteiger partial charge in [-0.3, -0.25) is 5.32 Å². The van der Waals surface area contributed by atoms with Gasteiger partial charge in [0.15, 0.2) is 11.6 Å². The van der Waals surface area contributed by atoms with E-state index in [1.807, 2.05) is 0 Å². The molecule has 2 rings (SSSR count). The number of pyridine rings is 1. The minimum atomic E-state index is -1.46. The van der Waals surface area contributed by atoms with E-state index >= 15 is 0 Å². The third kappa shape index (κ3) is 5.10. The Morgan fingerprint density at radius 2 is 1.80 bits per heavy atom. The maximum Gasteiger partial charge on any atom is 0.412 e. The molecule has 1 heterocycles. The number of hydrogen-bond acceptors (Lipinski definition) is 4. The van der Waals surface area contributed by atoms with Crippen molar-refractivity contribution in [2.45, 2.75) is 33.3 Å². The zero-order valence-corrected chi connectivity index (χ0v) is 14.1. The molecule has 25 heavy (non-hydrogen) atoms. The lowest BCUT2D eigenvalue weighted by molar-refractivity contribution is 0.0635. The lowest BCUT2D eigenvalue weighted by Gasteiger charge is -2.20. The summed E-state index contributed by atoms with van der Waals surface area (Å²) in [5.41, 5.74) is 0.406. The number of anilines is 1. The van der Waals surface area contributed by atoms with Gasteiger partial charge >= 0.3 is 6.09 Å². The lowest BCUT2D eigenvalue weighted by Crippen LogP contribution is -2.27. The van der Waals surface area contributed by atoms with E-state index in [2.05, 4.69) is 10.3 Å². The highest BCUT2D eigenvalue weighted by Crippen LogP contribution is 2.27. The van der Waals surface area contributed by atoms with Crippen molar-refractivity contribution in [3.05, 3.63) is 47.4 Å². The fourth-order valence-corrected chi connectivity index (χ4v) is 1.87. The lowest BCUT2D eigenvalue weighted by atomic mass is 10.2. The van der Waals surface area contributed by atoms with Crippen molar-refractivity contribution >= 4 is 11.8 Å². The number of nitrogens with zero attached hydrogens (tertiary/aromatic N) is 1. The minimum absolute atomic E-state index is 0.143. The summed E-state index contributed by atoms with van der Waals surface area (Å²) in [6, 6.07) is 4.76. The van der Waals surface area contributed by atoms with Crippen LogP contribution in [0.3, 0.4) is 0 Å². The Bertz CT molecular complexity index is 804. The Hall–Kier alpha value is -2.77. The monoisotopic (exact) mass is 354 g/mol. The molecule has 0 spiro atoms. The molecular weight excluding hydrogens is 337 g/mol. The predicted octanol–water partition coefficient (Wildman–Crippen LogP) is 4.95. The van der Waals surface area contributed by atoms with Gasteiger partial charge in [0, 0.05) is 11.8 Å². The van der Waals surface area contributed by atoms with Crippen molar-refractivity contribution in [2.75, 3.05) is 5.32 Å². The molecule has 0 aliphatic heterocycles. The summed E-state index contributed by atoms with van der Waals surface area (Å²) in [6.07, 6.45) is -0.627. The number of rotatable bonds is 3. The molecule has 0 atom stereocenters. The maximum atomic E-state index is 13.6. The number of ether oxygens (including phenoxy) is 2. The molecule has 0 aliphatic carbocycles. The van der Waals surface area contributed by atoms with Gasteiger partial charge in [0.2, 0.25) is 0 Å². The molecule has 5 nitrogen and oxygen atoms in total. The van der Waals surface area contributed by atoms with Crippen LogP contribution in [0.25, 0.3) is 0 Å². The van der Waals surface area contributed by atoms with Gasteiger partial charge in [0.1, 0.15) is 11.4 Å². The van der Waals surface area contributed by atoms with Crippen LogP contribution in [0, 0.1) is 24.5 Å². The third-order valence-electron chi connectivity index (χ3n) is 2.90. The number of amides is 1. The third-order valence-corrected chi connectivity index (χ3v) is 2.90. The van der Waals surface area contributed by atoms with Crippen LogP contribution in [0.2, 0.25) is 0 Å². The number of carbonyl (C=O) groups is 1.